The van der Waals surface area contributed by atoms with E-state index >= 15 is 0 Å². The van der Waals surface area contributed by atoms with Gasteiger partial charge in [0.2, 0.25) is 5.76 Å². The highest BCUT2D eigenvalue weighted by Gasteiger charge is 2.43. The second-order valence-electron chi connectivity index (χ2n) is 5.47. The van der Waals surface area contributed by atoms with Crippen LogP contribution in [0.1, 0.15) is 10.6 Å². The smallest absolute Gasteiger partial charge is 0.386 e. The Morgan fingerprint density at radius 2 is 2.17 bits per heavy atom. The first-order valence-corrected chi connectivity index (χ1v) is 7.66. The summed E-state index contributed by atoms with van der Waals surface area (Å²) in [5, 5.41) is 19.7. The molecule has 24 heavy (non-hydrogen) atoms. The van der Waals surface area contributed by atoms with Gasteiger partial charge in [-0.05, 0) is 24.3 Å². The molecule has 0 aliphatic carbocycles. The Hall–Kier alpha value is -2.19. The van der Waals surface area contributed by atoms with Gasteiger partial charge >= 0.3 is 5.91 Å². The first-order chi connectivity index (χ1) is 11.6. The topological polar surface area (TPSA) is 106 Å². The van der Waals surface area contributed by atoms with Crippen molar-refractivity contribution in [3.63, 3.8) is 0 Å². The maximum absolute atomic E-state index is 13.1. The molecule has 0 fully saturated rings. The van der Waals surface area contributed by atoms with Gasteiger partial charge in [-0.15, -0.1) is 0 Å². The predicted octanol–water partition coefficient (Wildman–Crippen LogP) is 0.748. The molecule has 0 aliphatic heterocycles. The molecular weight excluding hydrogens is 312 g/mol. The lowest BCUT2D eigenvalue weighted by atomic mass is 10.1. The fourth-order valence-electron chi connectivity index (χ4n) is 2.72. The summed E-state index contributed by atoms with van der Waals surface area (Å²) in [6, 6.07) is 10.1. The van der Waals surface area contributed by atoms with E-state index in [0.29, 0.717) is 11.4 Å². The number of furan rings is 1. The van der Waals surface area contributed by atoms with Gasteiger partial charge in [0.15, 0.2) is 0 Å². The highest BCUT2D eigenvalue weighted by Crippen LogP contribution is 2.30. The molecule has 0 saturated carbocycles. The van der Waals surface area contributed by atoms with E-state index in [-0.39, 0.29) is 42.4 Å². The minimum atomic E-state index is -0.915. The summed E-state index contributed by atoms with van der Waals surface area (Å²) in [7, 11) is 1.53. The van der Waals surface area contributed by atoms with Crippen molar-refractivity contribution in [2.45, 2.75) is 6.10 Å². The Bertz CT molecular complexity index is 659. The molecule has 7 nitrogen and oxygen atoms in total. The summed E-state index contributed by atoms with van der Waals surface area (Å²) in [6.45, 7) is -0.157. The van der Waals surface area contributed by atoms with Crippen LogP contribution in [-0.2, 0) is 0 Å². The van der Waals surface area contributed by atoms with E-state index in [9.17, 15) is 15.0 Å². The number of ether oxygens (including phenoxy) is 1. The van der Waals surface area contributed by atoms with Crippen LogP contribution >= 0.6 is 0 Å². The van der Waals surface area contributed by atoms with Crippen molar-refractivity contribution in [3.05, 3.63) is 48.4 Å². The summed E-state index contributed by atoms with van der Waals surface area (Å²) in [5.41, 5.74) is 6.13. The van der Waals surface area contributed by atoms with E-state index in [1.165, 1.54) is 13.4 Å². The molecule has 0 bridgehead atoms. The number of hydrogen-bond acceptors (Lipinski definition) is 6. The molecule has 0 radical (unpaired) electrons. The Labute approximate surface area is 140 Å². The van der Waals surface area contributed by atoms with Gasteiger partial charge in [0, 0.05) is 12.6 Å². The van der Waals surface area contributed by atoms with Gasteiger partial charge in [-0.2, -0.15) is 0 Å². The van der Waals surface area contributed by atoms with Gasteiger partial charge in [-0.25, -0.2) is 9.28 Å². The molecule has 4 N–H and O–H groups in total. The molecule has 7 heteroatoms. The first-order valence-electron chi connectivity index (χ1n) is 7.66. The molecular formula is C17H23N2O5+. The summed E-state index contributed by atoms with van der Waals surface area (Å²) in [4.78, 5) is 13.1. The van der Waals surface area contributed by atoms with Crippen molar-refractivity contribution < 1.29 is 24.2 Å². The van der Waals surface area contributed by atoms with E-state index in [4.69, 9.17) is 14.9 Å². The van der Waals surface area contributed by atoms with Gasteiger partial charge in [-0.3, -0.25) is 0 Å². The third-order valence-corrected chi connectivity index (χ3v) is 3.94. The second-order valence-corrected chi connectivity index (χ2v) is 5.47. The third kappa shape index (κ3) is 3.65. The lowest BCUT2D eigenvalue weighted by Gasteiger charge is -2.35. The van der Waals surface area contributed by atoms with Crippen LogP contribution in [-0.4, -0.2) is 55.6 Å². The standard InChI is InChI=1S/C17H23N2O5/c1-23-15-5-2-4-13(10-15)19(7-8-20,12-14(21)11-18)17(22)16-6-3-9-24-16/h2-6,9-10,14,20-21H,7-8,11-12,18H2,1H3/q+1. The molecule has 1 aromatic carbocycles. The van der Waals surface area contributed by atoms with Crippen LogP contribution in [0.4, 0.5) is 5.69 Å². The van der Waals surface area contributed by atoms with Crippen LogP contribution in [0.5, 0.6) is 5.75 Å². The van der Waals surface area contributed by atoms with Crippen molar-refractivity contribution >= 4 is 11.6 Å². The van der Waals surface area contributed by atoms with Gasteiger partial charge in [0.05, 0.1) is 20.0 Å². The second kappa shape index (κ2) is 8.07. The number of hydrogen-bond donors (Lipinski definition) is 3. The molecule has 1 aromatic heterocycles. The number of carbonyl (C=O) groups is 1. The van der Waals surface area contributed by atoms with E-state index in [1.54, 1.807) is 36.4 Å². The molecule has 130 valence electrons. The average Bonchev–Trinajstić information content (AvgIpc) is 3.15. The van der Waals surface area contributed by atoms with Crippen molar-refractivity contribution in [1.29, 1.82) is 0 Å². The Balaban J connectivity index is 2.57. The summed E-state index contributed by atoms with van der Waals surface area (Å²) >= 11 is 0. The SMILES string of the molecule is COc1cccc([N+](CCO)(CC(O)CN)C(=O)c2ccco2)c1. The monoisotopic (exact) mass is 335 g/mol. The number of methoxy groups -OCH3 is 1. The minimum Gasteiger partial charge on any atom is -0.497 e. The fourth-order valence-corrected chi connectivity index (χ4v) is 2.72. The lowest BCUT2D eigenvalue weighted by Crippen LogP contribution is -2.60. The van der Waals surface area contributed by atoms with E-state index in [0.717, 1.165) is 0 Å². The number of aliphatic hydroxyl groups is 2. The van der Waals surface area contributed by atoms with Crippen molar-refractivity contribution in [3.8, 4) is 5.75 Å². The summed E-state index contributed by atoms with van der Waals surface area (Å²) in [6.07, 6.45) is 0.493. The number of nitrogens with zero attached hydrogens (tertiary/aromatic N) is 1. The zero-order valence-corrected chi connectivity index (χ0v) is 13.6. The van der Waals surface area contributed by atoms with E-state index in [2.05, 4.69) is 0 Å². The van der Waals surface area contributed by atoms with Crippen molar-refractivity contribution in [2.75, 3.05) is 33.4 Å². The predicted molar refractivity (Wildman–Crippen MR) is 89.7 cm³/mol. The average molecular weight is 335 g/mol. The van der Waals surface area contributed by atoms with Crippen LogP contribution in [0.25, 0.3) is 0 Å². The lowest BCUT2D eigenvalue weighted by molar-refractivity contribution is 0.0575. The highest BCUT2D eigenvalue weighted by atomic mass is 16.5. The maximum Gasteiger partial charge on any atom is 0.386 e. The van der Waals surface area contributed by atoms with Crippen LogP contribution in [0.3, 0.4) is 0 Å². The number of amides is 1. The third-order valence-electron chi connectivity index (χ3n) is 3.94. The van der Waals surface area contributed by atoms with Gasteiger partial charge in [0.1, 0.15) is 30.6 Å². The summed E-state index contributed by atoms with van der Waals surface area (Å²) < 4.78 is 10.2. The quantitative estimate of drug-likeness (QED) is 0.615. The van der Waals surface area contributed by atoms with Crippen molar-refractivity contribution in [2.24, 2.45) is 5.73 Å². The largest absolute Gasteiger partial charge is 0.497 e. The number of aliphatic hydroxyl groups excluding tert-OH is 2. The van der Waals surface area contributed by atoms with Crippen LogP contribution in [0.2, 0.25) is 0 Å². The molecule has 2 rings (SSSR count). The summed E-state index contributed by atoms with van der Waals surface area (Å²) in [5.74, 6) is 0.354. The molecule has 2 unspecified atom stereocenters. The number of benzene rings is 1. The van der Waals surface area contributed by atoms with Gasteiger partial charge in [0.25, 0.3) is 0 Å². The van der Waals surface area contributed by atoms with E-state index < -0.39 is 6.10 Å². The Morgan fingerprint density at radius 1 is 1.38 bits per heavy atom. The zero-order valence-electron chi connectivity index (χ0n) is 13.6. The number of carbonyl (C=O) groups excluding carboxylic acids is 1. The van der Waals surface area contributed by atoms with Crippen LogP contribution < -0.4 is 15.0 Å². The van der Waals surface area contributed by atoms with Crippen LogP contribution in [0, 0.1) is 0 Å². The number of nitrogens with two attached hydrogens (primary N) is 1. The van der Waals surface area contributed by atoms with Gasteiger partial charge < -0.3 is 25.1 Å². The normalized spacial score (nSPS) is 14.8. The molecule has 2 atom stereocenters. The fraction of sp³-hybridized carbons (Fsp3) is 0.353. The molecule has 0 spiro atoms. The zero-order chi connectivity index (χ0) is 17.6. The molecule has 2 aromatic rings. The maximum atomic E-state index is 13.1. The Kier molecular flexibility index (Phi) is 6.10. The molecule has 1 heterocycles. The Morgan fingerprint density at radius 3 is 2.75 bits per heavy atom. The van der Waals surface area contributed by atoms with Gasteiger partial charge in [-0.1, -0.05) is 6.07 Å². The molecule has 0 aliphatic rings. The number of rotatable bonds is 8. The van der Waals surface area contributed by atoms with Crippen LogP contribution in [0.15, 0.2) is 47.1 Å². The molecule has 0 saturated heterocycles. The highest BCUT2D eigenvalue weighted by molar-refractivity contribution is 6.00. The first kappa shape index (κ1) is 18.2. The van der Waals surface area contributed by atoms with Crippen molar-refractivity contribution in [1.82, 2.24) is 4.48 Å². The van der Waals surface area contributed by atoms with E-state index in [1.807, 2.05) is 0 Å². The minimum absolute atomic E-state index is 0.000825. The molecule has 1 amide bonds. The number of quaternary nitrogens is 1.